The molecule has 0 bridgehead atoms. The van der Waals surface area contributed by atoms with Crippen LogP contribution in [0, 0.1) is 0 Å². The van der Waals surface area contributed by atoms with Crippen LogP contribution in [0.25, 0.3) is 27.8 Å². The summed E-state index contributed by atoms with van der Waals surface area (Å²) >= 11 is 0. The summed E-state index contributed by atoms with van der Waals surface area (Å²) in [5.74, 6) is 0.427. The van der Waals surface area contributed by atoms with Crippen molar-refractivity contribution in [2.24, 2.45) is 0 Å². The Labute approximate surface area is 184 Å². The van der Waals surface area contributed by atoms with E-state index in [0.29, 0.717) is 17.0 Å². The molecule has 0 spiro atoms. The molecule has 12 heteroatoms. The molecule has 8 nitrogen and oxygen atoms in total. The summed E-state index contributed by atoms with van der Waals surface area (Å²) < 4.78 is 73.5. The molecule has 0 N–H and O–H groups in total. The van der Waals surface area contributed by atoms with Crippen LogP contribution in [0.1, 0.15) is 5.56 Å². The van der Waals surface area contributed by atoms with Crippen LogP contribution in [-0.4, -0.2) is 39.1 Å². The molecule has 33 heavy (non-hydrogen) atoms. The van der Waals surface area contributed by atoms with Gasteiger partial charge in [-0.2, -0.15) is 30.8 Å². The molecule has 0 unspecified atom stereocenters. The molecule has 0 amide bonds. The number of rotatable bonds is 4. The van der Waals surface area contributed by atoms with Crippen LogP contribution in [0.4, 0.5) is 13.2 Å². The first-order valence-electron chi connectivity index (χ1n) is 9.46. The van der Waals surface area contributed by atoms with Crippen LogP contribution < -0.4 is 4.74 Å². The quantitative estimate of drug-likeness (QED) is 0.392. The molecule has 4 aromatic heterocycles. The number of benzene rings is 1. The molecule has 1 aromatic carbocycles. The summed E-state index contributed by atoms with van der Waals surface area (Å²) in [6, 6.07) is 9.40. The molecule has 0 radical (unpaired) electrons. The van der Waals surface area contributed by atoms with E-state index in [1.165, 1.54) is 54.5 Å². The zero-order valence-electron chi connectivity index (χ0n) is 16.9. The lowest BCUT2D eigenvalue weighted by Crippen LogP contribution is -2.16. The van der Waals surface area contributed by atoms with Gasteiger partial charge in [-0.3, -0.25) is 9.38 Å². The lowest BCUT2D eigenvalue weighted by atomic mass is 10.0. The van der Waals surface area contributed by atoms with Crippen molar-refractivity contribution in [2.75, 3.05) is 7.11 Å². The van der Waals surface area contributed by atoms with Gasteiger partial charge < -0.3 is 4.74 Å². The van der Waals surface area contributed by atoms with Crippen molar-refractivity contribution in [1.82, 2.24) is 23.6 Å². The van der Waals surface area contributed by atoms with Gasteiger partial charge in [0.05, 0.1) is 31.3 Å². The van der Waals surface area contributed by atoms with Gasteiger partial charge in [0.15, 0.2) is 5.03 Å². The highest BCUT2D eigenvalue weighted by Crippen LogP contribution is 2.33. The zero-order valence-corrected chi connectivity index (χ0v) is 17.7. The maximum atomic E-state index is 13.4. The van der Waals surface area contributed by atoms with Crippen molar-refractivity contribution >= 4 is 26.7 Å². The normalized spacial score (nSPS) is 12.5. The highest BCUT2D eigenvalue weighted by Gasteiger charge is 2.30. The fourth-order valence-corrected chi connectivity index (χ4v) is 4.78. The van der Waals surface area contributed by atoms with Crippen LogP contribution in [-0.2, 0) is 16.2 Å². The molecule has 5 rings (SSSR count). The Kier molecular flexibility index (Phi) is 4.64. The van der Waals surface area contributed by atoms with E-state index in [0.717, 1.165) is 16.2 Å². The summed E-state index contributed by atoms with van der Waals surface area (Å²) in [6.07, 6.45) is 0.805. The summed E-state index contributed by atoms with van der Waals surface area (Å²) in [5.41, 5.74) is 0.493. The van der Waals surface area contributed by atoms with Gasteiger partial charge in [-0.15, -0.1) is 0 Å². The Bertz CT molecular complexity index is 1620. The number of imidazole rings is 1. The van der Waals surface area contributed by atoms with E-state index in [2.05, 4.69) is 15.1 Å². The first kappa shape index (κ1) is 20.9. The predicted octanol–water partition coefficient (Wildman–Crippen LogP) is 4.01. The van der Waals surface area contributed by atoms with Crippen molar-refractivity contribution < 1.29 is 26.3 Å². The van der Waals surface area contributed by atoms with Crippen molar-refractivity contribution in [2.45, 2.75) is 11.2 Å². The van der Waals surface area contributed by atoms with Crippen LogP contribution in [0.5, 0.6) is 5.75 Å². The minimum atomic E-state index is -4.51. The van der Waals surface area contributed by atoms with E-state index >= 15 is 0 Å². The lowest BCUT2D eigenvalue weighted by molar-refractivity contribution is -0.137. The standard InChI is InChI=1S/C21H14F3N5O3S/c1-32-16-5-6-19-26-11-20(28(19)12-16)33(30,31)29-18-8-14(9-25-17(18)10-27-29)13-3-2-4-15(7-13)21(22,23)24/h2-12H,1H3. The van der Waals surface area contributed by atoms with E-state index < -0.39 is 21.8 Å². The fraction of sp³-hybridized carbons (Fsp3) is 0.0952. The molecule has 4 heterocycles. The van der Waals surface area contributed by atoms with Gasteiger partial charge in [0, 0.05) is 11.8 Å². The highest BCUT2D eigenvalue weighted by atomic mass is 32.2. The molecule has 0 atom stereocenters. The summed E-state index contributed by atoms with van der Waals surface area (Å²) in [4.78, 5) is 8.30. The number of pyridine rings is 2. The molecular weight excluding hydrogens is 459 g/mol. The molecule has 0 aliphatic carbocycles. The SMILES string of the molecule is COc1ccc2ncc(S(=O)(=O)n3ncc4ncc(-c5cccc(C(F)(F)F)c5)cc43)n2c1. The van der Waals surface area contributed by atoms with Crippen LogP contribution in [0.15, 0.2) is 72.3 Å². The largest absolute Gasteiger partial charge is 0.495 e. The van der Waals surface area contributed by atoms with Gasteiger partial charge >= 0.3 is 16.2 Å². The second-order valence-corrected chi connectivity index (χ2v) is 8.81. The summed E-state index contributed by atoms with van der Waals surface area (Å²) in [6.45, 7) is 0. The number of methoxy groups -OCH3 is 1. The lowest BCUT2D eigenvalue weighted by Gasteiger charge is -2.10. The van der Waals surface area contributed by atoms with Gasteiger partial charge in [-0.05, 0) is 35.9 Å². The Morgan fingerprint density at radius 2 is 1.79 bits per heavy atom. The van der Waals surface area contributed by atoms with Gasteiger partial charge in [0.1, 0.15) is 22.4 Å². The van der Waals surface area contributed by atoms with Gasteiger partial charge in [0.25, 0.3) is 0 Å². The number of hydrogen-bond acceptors (Lipinski definition) is 6. The molecule has 0 saturated heterocycles. The van der Waals surface area contributed by atoms with Crippen molar-refractivity contribution in [3.63, 3.8) is 0 Å². The van der Waals surface area contributed by atoms with E-state index in [1.54, 1.807) is 12.1 Å². The van der Waals surface area contributed by atoms with E-state index in [-0.39, 0.29) is 21.6 Å². The summed E-state index contributed by atoms with van der Waals surface area (Å²) in [7, 11) is -2.78. The number of halogens is 3. The third-order valence-corrected chi connectivity index (χ3v) is 6.66. The maximum Gasteiger partial charge on any atom is 0.416 e. The van der Waals surface area contributed by atoms with Crippen LogP contribution >= 0.6 is 0 Å². The molecule has 0 saturated carbocycles. The van der Waals surface area contributed by atoms with Crippen LogP contribution in [0.2, 0.25) is 0 Å². The third kappa shape index (κ3) is 3.48. The second kappa shape index (κ2) is 7.30. The Balaban J connectivity index is 1.66. The first-order chi connectivity index (χ1) is 15.7. The molecule has 0 aliphatic heterocycles. The smallest absolute Gasteiger partial charge is 0.416 e. The number of hydrogen-bond donors (Lipinski definition) is 0. The van der Waals surface area contributed by atoms with E-state index in [1.807, 2.05) is 0 Å². The van der Waals surface area contributed by atoms with Crippen molar-refractivity contribution in [3.8, 4) is 16.9 Å². The zero-order chi connectivity index (χ0) is 23.4. The van der Waals surface area contributed by atoms with E-state index in [4.69, 9.17) is 4.74 Å². The molecule has 168 valence electrons. The predicted molar refractivity (Wildman–Crippen MR) is 112 cm³/mol. The Morgan fingerprint density at radius 1 is 0.970 bits per heavy atom. The average Bonchev–Trinajstić information content (AvgIpc) is 3.42. The average molecular weight is 473 g/mol. The maximum absolute atomic E-state index is 13.4. The fourth-order valence-electron chi connectivity index (χ4n) is 3.45. The highest BCUT2D eigenvalue weighted by molar-refractivity contribution is 7.90. The first-order valence-corrected chi connectivity index (χ1v) is 10.9. The van der Waals surface area contributed by atoms with E-state index in [9.17, 15) is 21.6 Å². The van der Waals surface area contributed by atoms with Gasteiger partial charge in [0.2, 0.25) is 0 Å². The van der Waals surface area contributed by atoms with Gasteiger partial charge in [-0.1, -0.05) is 12.1 Å². The minimum Gasteiger partial charge on any atom is -0.495 e. The molecule has 5 aromatic rings. The number of alkyl halides is 3. The van der Waals surface area contributed by atoms with Crippen molar-refractivity contribution in [3.05, 3.63) is 72.8 Å². The third-order valence-electron chi connectivity index (χ3n) is 5.08. The van der Waals surface area contributed by atoms with Gasteiger partial charge in [-0.25, -0.2) is 4.98 Å². The number of ether oxygens (including phenoxy) is 1. The number of aromatic nitrogens is 5. The Morgan fingerprint density at radius 3 is 2.55 bits per heavy atom. The van der Waals surface area contributed by atoms with Crippen LogP contribution in [0.3, 0.4) is 0 Å². The second-order valence-electron chi connectivity index (χ2n) is 7.09. The molecular formula is C21H14F3N5O3S. The molecule has 0 aliphatic rings. The number of fused-ring (bicyclic) bond motifs is 2. The number of nitrogens with zero attached hydrogens (tertiary/aromatic N) is 5. The summed E-state index contributed by atoms with van der Waals surface area (Å²) in [5, 5.41) is 3.82. The topological polar surface area (TPSA) is 91.4 Å². The monoisotopic (exact) mass is 473 g/mol. The minimum absolute atomic E-state index is 0.114. The van der Waals surface area contributed by atoms with Crippen molar-refractivity contribution in [1.29, 1.82) is 0 Å². The molecule has 0 fully saturated rings. The Hall–Kier alpha value is -3.93.